The van der Waals surface area contributed by atoms with Crippen LogP contribution in [0.4, 0.5) is 0 Å². The maximum atomic E-state index is 4.41. The van der Waals surface area contributed by atoms with Gasteiger partial charge < -0.3 is 5.32 Å². The van der Waals surface area contributed by atoms with Crippen LogP contribution < -0.4 is 5.32 Å². The van der Waals surface area contributed by atoms with Gasteiger partial charge in [0.25, 0.3) is 0 Å². The second-order valence-corrected chi connectivity index (χ2v) is 5.19. The van der Waals surface area contributed by atoms with Crippen molar-refractivity contribution in [3.8, 4) is 0 Å². The molecule has 2 rings (SSSR count). The second kappa shape index (κ2) is 5.48. The predicted octanol–water partition coefficient (Wildman–Crippen LogP) is 2.56. The van der Waals surface area contributed by atoms with E-state index >= 15 is 0 Å². The molecule has 98 valence electrons. The van der Waals surface area contributed by atoms with Crippen molar-refractivity contribution in [1.29, 1.82) is 0 Å². The molecule has 0 radical (unpaired) electrons. The van der Waals surface area contributed by atoms with Crippen molar-refractivity contribution in [2.75, 3.05) is 0 Å². The first kappa shape index (κ1) is 13.0. The zero-order valence-electron chi connectivity index (χ0n) is 11.6. The summed E-state index contributed by atoms with van der Waals surface area (Å²) in [6.07, 6.45) is 5.13. The number of nitrogens with zero attached hydrogens (tertiary/aromatic N) is 3. The van der Waals surface area contributed by atoms with E-state index in [2.05, 4.69) is 42.4 Å². The molecule has 1 N–H and O–H groups in total. The Kier molecular flexibility index (Phi) is 3.97. The number of aromatic nitrogens is 3. The first-order valence-electron chi connectivity index (χ1n) is 6.64. The number of rotatable bonds is 5. The molecule has 2 aromatic heterocycles. The summed E-state index contributed by atoms with van der Waals surface area (Å²) in [5.41, 5.74) is 3.08. The van der Waals surface area contributed by atoms with Gasteiger partial charge >= 0.3 is 0 Å². The number of hydrogen-bond acceptors (Lipinski definition) is 3. The van der Waals surface area contributed by atoms with Crippen molar-refractivity contribution in [2.45, 2.75) is 46.7 Å². The van der Waals surface area contributed by atoms with Gasteiger partial charge in [0.05, 0.1) is 5.69 Å². The Balaban J connectivity index is 2.07. The third-order valence-electron chi connectivity index (χ3n) is 3.30. The molecule has 0 aromatic carbocycles. The van der Waals surface area contributed by atoms with E-state index in [1.54, 1.807) is 0 Å². The Labute approximate surface area is 108 Å². The minimum Gasteiger partial charge on any atom is -0.310 e. The lowest BCUT2D eigenvalue weighted by Gasteiger charge is -2.20. The van der Waals surface area contributed by atoms with Crippen molar-refractivity contribution < 1.29 is 0 Å². The minimum atomic E-state index is 0.556. The van der Waals surface area contributed by atoms with Crippen molar-refractivity contribution in [3.63, 3.8) is 0 Å². The van der Waals surface area contributed by atoms with E-state index in [9.17, 15) is 0 Å². The smallest absolute Gasteiger partial charge is 0.155 e. The molecule has 0 saturated heterocycles. The van der Waals surface area contributed by atoms with Gasteiger partial charge in [-0.2, -0.15) is 5.10 Å². The highest BCUT2D eigenvalue weighted by molar-refractivity contribution is 5.38. The quantitative estimate of drug-likeness (QED) is 0.881. The molecular formula is C14H22N4. The van der Waals surface area contributed by atoms with E-state index in [4.69, 9.17) is 0 Å². The van der Waals surface area contributed by atoms with Crippen LogP contribution in [0.2, 0.25) is 0 Å². The molecule has 0 fully saturated rings. The molecular weight excluding hydrogens is 224 g/mol. The molecule has 0 aliphatic carbocycles. The summed E-state index contributed by atoms with van der Waals surface area (Å²) < 4.78 is 1.85. The second-order valence-electron chi connectivity index (χ2n) is 5.19. The van der Waals surface area contributed by atoms with Crippen LogP contribution in [-0.2, 0) is 6.54 Å². The zero-order valence-corrected chi connectivity index (χ0v) is 11.6. The van der Waals surface area contributed by atoms with Crippen LogP contribution in [0.25, 0.3) is 5.65 Å². The van der Waals surface area contributed by atoms with Gasteiger partial charge in [0.15, 0.2) is 5.65 Å². The summed E-state index contributed by atoms with van der Waals surface area (Å²) >= 11 is 0. The molecule has 2 aromatic rings. The van der Waals surface area contributed by atoms with Gasteiger partial charge in [0, 0.05) is 36.6 Å². The van der Waals surface area contributed by atoms with Gasteiger partial charge in [-0.1, -0.05) is 20.8 Å². The minimum absolute atomic E-state index is 0.556. The molecule has 4 heteroatoms. The fraction of sp³-hybridized carbons (Fsp3) is 0.571. The number of fused-ring (bicyclic) bond motifs is 1. The van der Waals surface area contributed by atoms with Crippen LogP contribution in [0.1, 0.15) is 38.4 Å². The third kappa shape index (κ3) is 2.88. The van der Waals surface area contributed by atoms with Gasteiger partial charge in [0.1, 0.15) is 0 Å². The van der Waals surface area contributed by atoms with Gasteiger partial charge in [-0.3, -0.25) is 0 Å². The Morgan fingerprint density at radius 3 is 2.83 bits per heavy atom. The highest BCUT2D eigenvalue weighted by Gasteiger charge is 2.10. The Hall–Kier alpha value is -1.42. The van der Waals surface area contributed by atoms with Gasteiger partial charge in [-0.15, -0.1) is 0 Å². The van der Waals surface area contributed by atoms with Crippen LogP contribution >= 0.6 is 0 Å². The van der Waals surface area contributed by atoms with E-state index in [0.717, 1.165) is 24.3 Å². The maximum Gasteiger partial charge on any atom is 0.155 e. The van der Waals surface area contributed by atoms with E-state index in [0.29, 0.717) is 12.0 Å². The van der Waals surface area contributed by atoms with Crippen LogP contribution in [0.15, 0.2) is 18.5 Å². The normalized spacial score (nSPS) is 13.4. The molecule has 4 nitrogen and oxygen atoms in total. The lowest BCUT2D eigenvalue weighted by atomic mass is 10.0. The summed E-state index contributed by atoms with van der Waals surface area (Å²) in [5.74, 6) is 0.652. The standard InChI is InChI=1S/C14H22N4/c1-5-13(10(2)3)15-7-12-8-16-14-6-11(4)17-18(14)9-12/h6,8-10,13,15H,5,7H2,1-4H3. The summed E-state index contributed by atoms with van der Waals surface area (Å²) in [6.45, 7) is 9.55. The highest BCUT2D eigenvalue weighted by atomic mass is 15.2. The van der Waals surface area contributed by atoms with E-state index in [1.165, 1.54) is 5.56 Å². The molecule has 1 unspecified atom stereocenters. The first-order valence-corrected chi connectivity index (χ1v) is 6.64. The maximum absolute atomic E-state index is 4.41. The number of aryl methyl sites for hydroxylation is 1. The van der Waals surface area contributed by atoms with E-state index < -0.39 is 0 Å². The molecule has 0 amide bonds. The van der Waals surface area contributed by atoms with Crippen molar-refractivity contribution in [1.82, 2.24) is 19.9 Å². The topological polar surface area (TPSA) is 42.2 Å². The lowest BCUT2D eigenvalue weighted by Crippen LogP contribution is -2.32. The lowest BCUT2D eigenvalue weighted by molar-refractivity contribution is 0.387. The summed E-state index contributed by atoms with van der Waals surface area (Å²) in [6, 6.07) is 2.54. The Morgan fingerprint density at radius 2 is 2.17 bits per heavy atom. The van der Waals surface area contributed by atoms with Gasteiger partial charge in [-0.05, 0) is 19.3 Å². The van der Waals surface area contributed by atoms with Gasteiger partial charge in [0.2, 0.25) is 0 Å². The molecule has 18 heavy (non-hydrogen) atoms. The number of hydrogen-bond donors (Lipinski definition) is 1. The summed E-state index contributed by atoms with van der Waals surface area (Å²) in [7, 11) is 0. The van der Waals surface area contributed by atoms with Crippen LogP contribution in [0, 0.1) is 12.8 Å². The first-order chi connectivity index (χ1) is 8.60. The third-order valence-corrected chi connectivity index (χ3v) is 3.30. The Bertz CT molecular complexity index is 515. The fourth-order valence-corrected chi connectivity index (χ4v) is 2.23. The van der Waals surface area contributed by atoms with Crippen molar-refractivity contribution >= 4 is 5.65 Å². The molecule has 0 aliphatic heterocycles. The Morgan fingerprint density at radius 1 is 1.39 bits per heavy atom. The van der Waals surface area contributed by atoms with E-state index in [1.807, 2.05) is 23.7 Å². The van der Waals surface area contributed by atoms with Crippen LogP contribution in [0.3, 0.4) is 0 Å². The highest BCUT2D eigenvalue weighted by Crippen LogP contribution is 2.08. The summed E-state index contributed by atoms with van der Waals surface area (Å²) in [4.78, 5) is 4.41. The largest absolute Gasteiger partial charge is 0.310 e. The van der Waals surface area contributed by atoms with Crippen molar-refractivity contribution in [2.24, 2.45) is 5.92 Å². The predicted molar refractivity (Wildman–Crippen MR) is 73.5 cm³/mol. The van der Waals surface area contributed by atoms with Crippen LogP contribution in [-0.4, -0.2) is 20.6 Å². The molecule has 0 spiro atoms. The number of nitrogens with one attached hydrogen (secondary N) is 1. The molecule has 0 saturated carbocycles. The molecule has 0 aliphatic rings. The van der Waals surface area contributed by atoms with Crippen molar-refractivity contribution in [3.05, 3.63) is 29.7 Å². The van der Waals surface area contributed by atoms with Crippen LogP contribution in [0.5, 0.6) is 0 Å². The monoisotopic (exact) mass is 246 g/mol. The average Bonchev–Trinajstić information content (AvgIpc) is 2.68. The molecule has 2 heterocycles. The summed E-state index contributed by atoms with van der Waals surface area (Å²) in [5, 5.41) is 7.96. The van der Waals surface area contributed by atoms with E-state index in [-0.39, 0.29) is 0 Å². The van der Waals surface area contributed by atoms with Gasteiger partial charge in [-0.25, -0.2) is 9.50 Å². The average molecular weight is 246 g/mol. The molecule has 1 atom stereocenters. The SMILES string of the molecule is CCC(NCc1cnc2cc(C)nn2c1)C(C)C. The molecule has 0 bridgehead atoms. The zero-order chi connectivity index (χ0) is 13.1. The fourth-order valence-electron chi connectivity index (χ4n) is 2.23.